The number of hydrogen-bond acceptors (Lipinski definition) is 5. The predicted molar refractivity (Wildman–Crippen MR) is 127 cm³/mol. The van der Waals surface area contributed by atoms with Gasteiger partial charge < -0.3 is 14.5 Å². The van der Waals surface area contributed by atoms with Crippen LogP contribution >= 0.6 is 27.5 Å². The Morgan fingerprint density at radius 3 is 2.58 bits per heavy atom. The molecule has 31 heavy (non-hydrogen) atoms. The minimum Gasteiger partial charge on any atom is -0.444 e. The van der Waals surface area contributed by atoms with E-state index in [0.717, 1.165) is 26.8 Å². The number of ether oxygens (including phenoxy) is 1. The number of halogens is 2. The van der Waals surface area contributed by atoms with Crippen molar-refractivity contribution >= 4 is 50.3 Å². The second kappa shape index (κ2) is 8.63. The molecule has 4 rings (SSSR count). The Hall–Kier alpha value is -2.38. The number of fused-ring (bicyclic) bond motifs is 1. The first-order valence-corrected chi connectivity index (χ1v) is 11.3. The molecule has 1 aliphatic heterocycles. The predicted octanol–water partition coefficient (Wildman–Crippen LogP) is 5.84. The quantitative estimate of drug-likeness (QED) is 0.411. The lowest BCUT2D eigenvalue weighted by atomic mass is 10.0. The fourth-order valence-electron chi connectivity index (χ4n) is 3.77. The van der Waals surface area contributed by atoms with Crippen molar-refractivity contribution in [1.82, 2.24) is 14.9 Å². The van der Waals surface area contributed by atoms with E-state index < -0.39 is 5.60 Å². The van der Waals surface area contributed by atoms with Gasteiger partial charge in [-0.1, -0.05) is 46.3 Å². The summed E-state index contributed by atoms with van der Waals surface area (Å²) in [7, 11) is 0. The molecule has 8 heteroatoms. The first-order chi connectivity index (χ1) is 14.7. The van der Waals surface area contributed by atoms with Crippen molar-refractivity contribution in [2.24, 2.45) is 0 Å². The smallest absolute Gasteiger partial charge is 0.410 e. The number of nitrogens with zero attached hydrogens (tertiary/aromatic N) is 4. The summed E-state index contributed by atoms with van der Waals surface area (Å²) in [6, 6.07) is 15.9. The van der Waals surface area contributed by atoms with Gasteiger partial charge in [-0.25, -0.2) is 9.78 Å². The van der Waals surface area contributed by atoms with Crippen molar-refractivity contribution in [3.8, 4) is 0 Å². The lowest BCUT2D eigenvalue weighted by molar-refractivity contribution is 0.0213. The normalized spacial score (nSPS) is 17.1. The van der Waals surface area contributed by atoms with E-state index in [2.05, 4.69) is 42.9 Å². The largest absolute Gasteiger partial charge is 0.444 e. The first-order valence-electron chi connectivity index (χ1n) is 10.1. The summed E-state index contributed by atoms with van der Waals surface area (Å²) in [5, 5.41) is 1.11. The van der Waals surface area contributed by atoms with Gasteiger partial charge in [-0.2, -0.15) is 4.98 Å². The SMILES string of the molecule is CC(C)(C)OC(=O)N1CCN(c2nc(Cl)nc3ccc(Br)cc23)[C@@H](c2ccccc2)C1. The Morgan fingerprint density at radius 2 is 1.87 bits per heavy atom. The molecule has 2 heterocycles. The Kier molecular flexibility index (Phi) is 6.08. The molecular weight excluding hydrogens is 480 g/mol. The van der Waals surface area contributed by atoms with Gasteiger partial charge in [0.2, 0.25) is 5.28 Å². The molecule has 1 saturated heterocycles. The second-order valence-electron chi connectivity index (χ2n) is 8.52. The third kappa shape index (κ3) is 4.93. The zero-order valence-electron chi connectivity index (χ0n) is 17.7. The number of aromatic nitrogens is 2. The Morgan fingerprint density at radius 1 is 1.13 bits per heavy atom. The average Bonchev–Trinajstić information content (AvgIpc) is 2.72. The van der Waals surface area contributed by atoms with Gasteiger partial charge in [-0.15, -0.1) is 0 Å². The van der Waals surface area contributed by atoms with E-state index in [0.29, 0.717) is 19.6 Å². The van der Waals surface area contributed by atoms with Gasteiger partial charge in [0.1, 0.15) is 11.4 Å². The maximum atomic E-state index is 12.8. The standard InChI is InChI=1S/C23H24BrClN4O2/c1-23(2,3)31-22(30)28-11-12-29(19(14-28)15-7-5-4-6-8-15)20-17-13-16(24)9-10-18(17)26-21(25)27-20/h4-10,13,19H,11-12,14H2,1-3H3/t19-/m1/s1. The van der Waals surface area contributed by atoms with Crippen LogP contribution in [-0.4, -0.2) is 46.2 Å². The molecule has 0 aliphatic carbocycles. The fourth-order valence-corrected chi connectivity index (χ4v) is 4.30. The summed E-state index contributed by atoms with van der Waals surface area (Å²) in [4.78, 5) is 25.7. The van der Waals surface area contributed by atoms with E-state index >= 15 is 0 Å². The minimum atomic E-state index is -0.543. The molecule has 0 spiro atoms. The number of anilines is 1. The molecule has 0 saturated carbocycles. The van der Waals surface area contributed by atoms with Crippen LogP contribution in [0.4, 0.5) is 10.6 Å². The van der Waals surface area contributed by atoms with Crippen LogP contribution in [0, 0.1) is 0 Å². The van der Waals surface area contributed by atoms with Crippen LogP contribution in [0.2, 0.25) is 5.28 Å². The third-order valence-corrected chi connectivity index (χ3v) is 5.76. The van der Waals surface area contributed by atoms with Crippen molar-refractivity contribution in [2.75, 3.05) is 24.5 Å². The van der Waals surface area contributed by atoms with Crippen LogP contribution in [0.5, 0.6) is 0 Å². The molecule has 1 aliphatic rings. The van der Waals surface area contributed by atoms with E-state index in [1.807, 2.05) is 57.2 Å². The molecule has 1 amide bonds. The summed E-state index contributed by atoms with van der Waals surface area (Å²) in [5.74, 6) is 0.758. The minimum absolute atomic E-state index is 0.101. The highest BCUT2D eigenvalue weighted by Crippen LogP contribution is 2.35. The van der Waals surface area contributed by atoms with Gasteiger partial charge in [-0.3, -0.25) is 0 Å². The topological polar surface area (TPSA) is 58.6 Å². The molecule has 162 valence electrons. The first kappa shape index (κ1) is 21.8. The monoisotopic (exact) mass is 502 g/mol. The molecule has 0 radical (unpaired) electrons. The van der Waals surface area contributed by atoms with E-state index in [1.54, 1.807) is 4.90 Å². The summed E-state index contributed by atoms with van der Waals surface area (Å²) in [6.07, 6.45) is -0.304. The molecule has 2 aromatic carbocycles. The van der Waals surface area contributed by atoms with Gasteiger partial charge in [0.25, 0.3) is 0 Å². The summed E-state index contributed by atoms with van der Waals surface area (Å²) < 4.78 is 6.56. The van der Waals surface area contributed by atoms with Gasteiger partial charge in [0.15, 0.2) is 0 Å². The van der Waals surface area contributed by atoms with Crippen molar-refractivity contribution in [2.45, 2.75) is 32.4 Å². The van der Waals surface area contributed by atoms with E-state index in [1.165, 1.54) is 0 Å². The zero-order valence-corrected chi connectivity index (χ0v) is 20.0. The Labute approximate surface area is 195 Å². The highest BCUT2D eigenvalue weighted by atomic mass is 79.9. The van der Waals surface area contributed by atoms with Crippen molar-refractivity contribution < 1.29 is 9.53 Å². The third-order valence-electron chi connectivity index (χ3n) is 5.10. The van der Waals surface area contributed by atoms with Crippen LogP contribution in [0.15, 0.2) is 53.0 Å². The number of hydrogen-bond donors (Lipinski definition) is 0. The molecular formula is C23H24BrClN4O2. The highest BCUT2D eigenvalue weighted by Gasteiger charge is 2.34. The molecule has 0 unspecified atom stereocenters. The van der Waals surface area contributed by atoms with Gasteiger partial charge in [0.05, 0.1) is 11.6 Å². The number of rotatable bonds is 2. The molecule has 1 atom stereocenters. The van der Waals surface area contributed by atoms with E-state index in [-0.39, 0.29) is 17.4 Å². The van der Waals surface area contributed by atoms with Gasteiger partial charge in [0, 0.05) is 29.5 Å². The number of piperazine rings is 1. The van der Waals surface area contributed by atoms with E-state index in [9.17, 15) is 4.79 Å². The lowest BCUT2D eigenvalue weighted by Crippen LogP contribution is -2.52. The number of carbonyl (C=O) groups is 1. The molecule has 0 bridgehead atoms. The summed E-state index contributed by atoms with van der Waals surface area (Å²) >= 11 is 9.83. The lowest BCUT2D eigenvalue weighted by Gasteiger charge is -2.42. The van der Waals surface area contributed by atoms with Crippen molar-refractivity contribution in [3.05, 3.63) is 63.9 Å². The van der Waals surface area contributed by atoms with Gasteiger partial charge in [-0.05, 0) is 56.1 Å². The average molecular weight is 504 g/mol. The van der Waals surface area contributed by atoms with Gasteiger partial charge >= 0.3 is 6.09 Å². The van der Waals surface area contributed by atoms with Crippen LogP contribution < -0.4 is 4.90 Å². The maximum Gasteiger partial charge on any atom is 0.410 e. The van der Waals surface area contributed by atoms with E-state index in [4.69, 9.17) is 16.3 Å². The molecule has 3 aromatic rings. The molecule has 1 aromatic heterocycles. The summed E-state index contributed by atoms with van der Waals surface area (Å²) in [6.45, 7) is 7.23. The number of benzene rings is 2. The van der Waals surface area contributed by atoms with Crippen LogP contribution in [0.3, 0.4) is 0 Å². The Balaban J connectivity index is 1.75. The van der Waals surface area contributed by atoms with Crippen molar-refractivity contribution in [3.63, 3.8) is 0 Å². The molecule has 0 N–H and O–H groups in total. The fraction of sp³-hybridized carbons (Fsp3) is 0.348. The van der Waals surface area contributed by atoms with Crippen LogP contribution in [0.25, 0.3) is 10.9 Å². The van der Waals surface area contributed by atoms with Crippen LogP contribution in [0.1, 0.15) is 32.4 Å². The van der Waals surface area contributed by atoms with Crippen LogP contribution in [-0.2, 0) is 4.74 Å². The molecule has 6 nitrogen and oxygen atoms in total. The Bertz CT molecular complexity index is 1100. The molecule has 1 fully saturated rings. The number of carbonyl (C=O) groups excluding carboxylic acids is 1. The maximum absolute atomic E-state index is 12.8. The second-order valence-corrected chi connectivity index (χ2v) is 9.78. The zero-order chi connectivity index (χ0) is 22.2. The number of amides is 1. The highest BCUT2D eigenvalue weighted by molar-refractivity contribution is 9.10. The summed E-state index contributed by atoms with van der Waals surface area (Å²) in [5.41, 5.74) is 1.33. The van der Waals surface area contributed by atoms with Crippen molar-refractivity contribution in [1.29, 1.82) is 0 Å².